The molecule has 0 spiro atoms. The van der Waals surface area contributed by atoms with Crippen LogP contribution in [0, 0.1) is 5.41 Å². The molecule has 1 amide bonds. The number of aromatic nitrogens is 3. The van der Waals surface area contributed by atoms with E-state index in [-0.39, 0.29) is 11.3 Å². The van der Waals surface area contributed by atoms with Crippen molar-refractivity contribution in [1.82, 2.24) is 19.9 Å². The Morgan fingerprint density at radius 2 is 2.29 bits per heavy atom. The minimum atomic E-state index is -0.141. The summed E-state index contributed by atoms with van der Waals surface area (Å²) in [6, 6.07) is 7.96. The third kappa shape index (κ3) is 3.12. The van der Waals surface area contributed by atoms with Crippen molar-refractivity contribution in [2.75, 3.05) is 0 Å². The van der Waals surface area contributed by atoms with Gasteiger partial charge >= 0.3 is 0 Å². The summed E-state index contributed by atoms with van der Waals surface area (Å²) >= 11 is 1.31. The van der Waals surface area contributed by atoms with Crippen molar-refractivity contribution in [3.8, 4) is 5.75 Å². The van der Waals surface area contributed by atoms with Gasteiger partial charge in [-0.05, 0) is 48.0 Å². The number of rotatable bonds is 6. The van der Waals surface area contributed by atoms with Gasteiger partial charge in [-0.15, -0.1) is 5.10 Å². The molecule has 1 saturated carbocycles. The predicted octanol–water partition coefficient (Wildman–Crippen LogP) is 3.01. The smallest absolute Gasteiger partial charge is 0.226 e. The summed E-state index contributed by atoms with van der Waals surface area (Å²) in [6.07, 6.45) is 1.97. The van der Waals surface area contributed by atoms with Gasteiger partial charge < -0.3 is 15.0 Å². The topological polar surface area (TPSA) is 79.9 Å². The van der Waals surface area contributed by atoms with Crippen LogP contribution in [0.15, 0.2) is 29.6 Å². The number of benzene rings is 1. The fourth-order valence-electron chi connectivity index (χ4n) is 2.56. The lowest BCUT2D eigenvalue weighted by Gasteiger charge is -2.08. The zero-order chi connectivity index (χ0) is 16.6. The molecule has 0 bridgehead atoms. The Morgan fingerprint density at radius 3 is 3.04 bits per heavy atom. The van der Waals surface area contributed by atoms with Crippen molar-refractivity contribution in [2.45, 2.75) is 32.9 Å². The molecule has 2 N–H and O–H groups in total. The van der Waals surface area contributed by atoms with Gasteiger partial charge in [0.2, 0.25) is 5.91 Å². The number of carbonyl (C=O) groups is 1. The number of nitrogens with one attached hydrogen (secondary N) is 2. The second-order valence-electron chi connectivity index (χ2n) is 6.47. The van der Waals surface area contributed by atoms with Gasteiger partial charge in [0.15, 0.2) is 0 Å². The summed E-state index contributed by atoms with van der Waals surface area (Å²) in [7, 11) is 0. The first-order chi connectivity index (χ1) is 11.6. The molecule has 2 aromatic heterocycles. The van der Waals surface area contributed by atoms with Crippen LogP contribution in [0.25, 0.3) is 10.9 Å². The van der Waals surface area contributed by atoms with E-state index in [9.17, 15) is 4.79 Å². The molecule has 7 heteroatoms. The molecular formula is C17H18N4O2S. The Morgan fingerprint density at radius 1 is 1.42 bits per heavy atom. The van der Waals surface area contributed by atoms with E-state index in [1.165, 1.54) is 11.5 Å². The maximum absolute atomic E-state index is 12.0. The molecule has 0 saturated heterocycles. The fraction of sp³-hybridized carbons (Fsp3) is 0.353. The number of H-pyrrole nitrogens is 1. The highest BCUT2D eigenvalue weighted by atomic mass is 32.1. The fourth-order valence-corrected chi connectivity index (χ4v) is 2.99. The molecule has 1 aliphatic rings. The van der Waals surface area contributed by atoms with Crippen LogP contribution >= 0.6 is 11.5 Å². The zero-order valence-electron chi connectivity index (χ0n) is 13.3. The molecule has 0 radical (unpaired) electrons. The van der Waals surface area contributed by atoms with Gasteiger partial charge in [-0.3, -0.25) is 4.79 Å². The van der Waals surface area contributed by atoms with Crippen molar-refractivity contribution in [3.63, 3.8) is 0 Å². The lowest BCUT2D eigenvalue weighted by molar-refractivity contribution is -0.125. The van der Waals surface area contributed by atoms with E-state index < -0.39 is 0 Å². The number of ether oxygens (including phenoxy) is 1. The third-order valence-electron chi connectivity index (χ3n) is 4.43. The molecule has 2 heterocycles. The van der Waals surface area contributed by atoms with Crippen molar-refractivity contribution >= 4 is 28.3 Å². The molecule has 6 nitrogen and oxygen atoms in total. The molecule has 1 fully saturated rings. The van der Waals surface area contributed by atoms with Gasteiger partial charge in [-0.1, -0.05) is 11.4 Å². The molecule has 24 heavy (non-hydrogen) atoms. The van der Waals surface area contributed by atoms with Crippen LogP contribution in [0.4, 0.5) is 0 Å². The molecule has 0 unspecified atom stereocenters. The van der Waals surface area contributed by atoms with Crippen LogP contribution in [0.1, 0.15) is 31.2 Å². The van der Waals surface area contributed by atoms with Crippen LogP contribution in [0.2, 0.25) is 0 Å². The SMILES string of the molecule is CC1(C(=O)NCc2cc3ccc(OCc4csnn4)cc3[nH]2)CC1. The Hall–Kier alpha value is -2.41. The third-order valence-corrected chi connectivity index (χ3v) is 4.98. The summed E-state index contributed by atoms with van der Waals surface area (Å²) in [5.41, 5.74) is 2.66. The van der Waals surface area contributed by atoms with E-state index in [0.717, 1.165) is 40.9 Å². The van der Waals surface area contributed by atoms with Gasteiger partial charge in [0.05, 0.1) is 6.54 Å². The van der Waals surface area contributed by atoms with Gasteiger partial charge in [-0.25, -0.2) is 0 Å². The van der Waals surface area contributed by atoms with Crippen molar-refractivity contribution in [3.05, 3.63) is 41.0 Å². The van der Waals surface area contributed by atoms with E-state index in [1.54, 1.807) is 0 Å². The lowest BCUT2D eigenvalue weighted by Crippen LogP contribution is -2.29. The van der Waals surface area contributed by atoms with Crippen molar-refractivity contribution in [1.29, 1.82) is 0 Å². The Labute approximate surface area is 143 Å². The summed E-state index contributed by atoms with van der Waals surface area (Å²) in [4.78, 5) is 15.3. The minimum absolute atomic E-state index is 0.141. The van der Waals surface area contributed by atoms with Gasteiger partial charge in [0, 0.05) is 28.1 Å². The molecule has 3 aromatic rings. The highest BCUT2D eigenvalue weighted by Gasteiger charge is 2.44. The average molecular weight is 342 g/mol. The largest absolute Gasteiger partial charge is 0.487 e. The van der Waals surface area contributed by atoms with Crippen LogP contribution in [-0.2, 0) is 17.9 Å². The quantitative estimate of drug-likeness (QED) is 0.722. The molecule has 4 rings (SSSR count). The molecule has 0 aliphatic heterocycles. The summed E-state index contributed by atoms with van der Waals surface area (Å²) in [6.45, 7) is 2.93. The lowest BCUT2D eigenvalue weighted by atomic mass is 10.1. The van der Waals surface area contributed by atoms with Crippen molar-refractivity contribution in [2.24, 2.45) is 5.41 Å². The molecule has 124 valence electrons. The first kappa shape index (κ1) is 15.1. The highest BCUT2D eigenvalue weighted by molar-refractivity contribution is 7.03. The maximum Gasteiger partial charge on any atom is 0.226 e. The van der Waals surface area contributed by atoms with E-state index in [0.29, 0.717) is 13.2 Å². The predicted molar refractivity (Wildman–Crippen MR) is 91.7 cm³/mol. The average Bonchev–Trinajstić information content (AvgIpc) is 3.03. The number of nitrogens with zero attached hydrogens (tertiary/aromatic N) is 2. The second kappa shape index (κ2) is 5.90. The Bertz CT molecular complexity index is 868. The summed E-state index contributed by atoms with van der Waals surface area (Å²) in [5.74, 6) is 0.917. The van der Waals surface area contributed by atoms with E-state index in [1.807, 2.05) is 30.5 Å². The van der Waals surface area contributed by atoms with Crippen LogP contribution in [0.3, 0.4) is 0 Å². The van der Waals surface area contributed by atoms with E-state index in [4.69, 9.17) is 4.74 Å². The molecule has 1 aromatic carbocycles. The normalized spacial score (nSPS) is 15.4. The monoisotopic (exact) mass is 342 g/mol. The molecule has 0 atom stereocenters. The minimum Gasteiger partial charge on any atom is -0.487 e. The molecular weight excluding hydrogens is 324 g/mol. The van der Waals surface area contributed by atoms with Gasteiger partial charge in [-0.2, -0.15) is 0 Å². The van der Waals surface area contributed by atoms with E-state index >= 15 is 0 Å². The second-order valence-corrected chi connectivity index (χ2v) is 7.08. The number of hydrogen-bond acceptors (Lipinski definition) is 5. The summed E-state index contributed by atoms with van der Waals surface area (Å²) in [5, 5.41) is 9.93. The first-order valence-electron chi connectivity index (χ1n) is 7.91. The standard InChI is InChI=1S/C17H18N4O2S/c1-17(4-5-17)16(22)18-8-12-6-11-2-3-14(7-15(11)19-12)23-9-13-10-24-21-20-13/h2-3,6-7,10,19H,4-5,8-9H2,1H3,(H,18,22). The number of amides is 1. The Balaban J connectivity index is 1.42. The zero-order valence-corrected chi connectivity index (χ0v) is 14.2. The van der Waals surface area contributed by atoms with Gasteiger partial charge in [0.25, 0.3) is 0 Å². The summed E-state index contributed by atoms with van der Waals surface area (Å²) < 4.78 is 9.55. The Kier molecular flexibility index (Phi) is 3.72. The number of hydrogen-bond donors (Lipinski definition) is 2. The van der Waals surface area contributed by atoms with Crippen LogP contribution in [0.5, 0.6) is 5.75 Å². The number of carbonyl (C=O) groups excluding carboxylic acids is 1. The molecule has 1 aliphatic carbocycles. The van der Waals surface area contributed by atoms with Gasteiger partial charge in [0.1, 0.15) is 18.1 Å². The maximum atomic E-state index is 12.0. The number of fused-ring (bicyclic) bond motifs is 1. The van der Waals surface area contributed by atoms with E-state index in [2.05, 4.69) is 26.0 Å². The van der Waals surface area contributed by atoms with Crippen LogP contribution in [-0.4, -0.2) is 20.5 Å². The van der Waals surface area contributed by atoms with Crippen molar-refractivity contribution < 1.29 is 9.53 Å². The highest BCUT2D eigenvalue weighted by Crippen LogP contribution is 2.45. The number of aromatic amines is 1. The first-order valence-corrected chi connectivity index (χ1v) is 8.75. The van der Waals surface area contributed by atoms with Crippen LogP contribution < -0.4 is 10.1 Å².